The lowest BCUT2D eigenvalue weighted by molar-refractivity contribution is 0.230. The predicted molar refractivity (Wildman–Crippen MR) is 68.4 cm³/mol. The van der Waals surface area contributed by atoms with Crippen molar-refractivity contribution < 1.29 is 0 Å². The fraction of sp³-hybridized carbons (Fsp3) is 0.750. The highest BCUT2D eigenvalue weighted by Crippen LogP contribution is 2.29. The first-order valence-corrected chi connectivity index (χ1v) is 6.53. The molecule has 1 aromatic heterocycles. The minimum atomic E-state index is 0.315. The van der Waals surface area contributed by atoms with E-state index in [1.165, 1.54) is 5.69 Å². The van der Waals surface area contributed by atoms with Gasteiger partial charge in [0.1, 0.15) is 0 Å². The molecule has 0 aromatic carbocycles. The van der Waals surface area contributed by atoms with Gasteiger partial charge in [0.25, 0.3) is 0 Å². The molecule has 2 nitrogen and oxygen atoms in total. The van der Waals surface area contributed by atoms with Gasteiger partial charge in [-0.25, -0.2) is 0 Å². The molecule has 0 radical (unpaired) electrons. The maximum atomic E-state index is 4.51. The number of aryl methyl sites for hydroxylation is 2. The van der Waals surface area contributed by atoms with Crippen molar-refractivity contribution in [3.8, 4) is 0 Å². The first-order valence-electron chi connectivity index (χ1n) is 5.41. The minimum Gasteiger partial charge on any atom is -0.269 e. The van der Waals surface area contributed by atoms with Crippen LogP contribution in [-0.4, -0.2) is 15.1 Å². The summed E-state index contributed by atoms with van der Waals surface area (Å²) in [5.41, 5.74) is 2.67. The molecule has 0 bridgehead atoms. The van der Waals surface area contributed by atoms with Crippen LogP contribution in [0.4, 0.5) is 0 Å². The van der Waals surface area contributed by atoms with Crippen LogP contribution in [0.5, 0.6) is 0 Å². The maximum Gasteiger partial charge on any atom is 0.0596 e. The molecule has 1 aromatic rings. The molecule has 1 unspecified atom stereocenters. The van der Waals surface area contributed by atoms with E-state index in [2.05, 4.69) is 59.5 Å². The molecule has 0 aliphatic rings. The number of alkyl halides is 1. The Balaban J connectivity index is 2.80. The number of halogens is 1. The van der Waals surface area contributed by atoms with Crippen molar-refractivity contribution in [3.63, 3.8) is 0 Å². The topological polar surface area (TPSA) is 17.8 Å². The Bertz CT molecular complexity index is 323. The van der Waals surface area contributed by atoms with E-state index < -0.39 is 0 Å². The highest BCUT2D eigenvalue weighted by atomic mass is 79.9. The fourth-order valence-electron chi connectivity index (χ4n) is 1.62. The minimum absolute atomic E-state index is 0.315. The van der Waals surface area contributed by atoms with Gasteiger partial charge in [-0.2, -0.15) is 5.10 Å². The first kappa shape index (κ1) is 12.8. The second kappa shape index (κ2) is 4.69. The number of hydrogen-bond acceptors (Lipinski definition) is 1. The third kappa shape index (κ3) is 3.33. The monoisotopic (exact) mass is 272 g/mol. The summed E-state index contributed by atoms with van der Waals surface area (Å²) in [6, 6.07) is 2.13. The van der Waals surface area contributed by atoms with Crippen LogP contribution in [0.15, 0.2) is 6.07 Å². The SMILES string of the molecule is Cc1cc(C)n(CC(CBr)C(C)(C)C)n1. The first-order chi connectivity index (χ1) is 6.84. The average Bonchev–Trinajstić information content (AvgIpc) is 2.38. The standard InChI is InChI=1S/C12H21BrN2/c1-9-6-10(2)15(14-9)8-11(7-13)12(3,4)5/h6,11H,7-8H2,1-5H3. The molecule has 0 aliphatic heterocycles. The van der Waals surface area contributed by atoms with E-state index >= 15 is 0 Å². The largest absolute Gasteiger partial charge is 0.269 e. The van der Waals surface area contributed by atoms with Crippen molar-refractivity contribution in [1.82, 2.24) is 9.78 Å². The average molecular weight is 273 g/mol. The molecule has 1 rings (SSSR count). The van der Waals surface area contributed by atoms with E-state index in [4.69, 9.17) is 0 Å². The van der Waals surface area contributed by atoms with Gasteiger partial charge in [0.15, 0.2) is 0 Å². The van der Waals surface area contributed by atoms with Crippen molar-refractivity contribution in [1.29, 1.82) is 0 Å². The van der Waals surface area contributed by atoms with E-state index in [0.29, 0.717) is 11.3 Å². The third-order valence-corrected chi connectivity index (χ3v) is 3.69. The van der Waals surface area contributed by atoms with Crippen molar-refractivity contribution in [3.05, 3.63) is 17.5 Å². The molecule has 86 valence electrons. The number of aromatic nitrogens is 2. The molecular weight excluding hydrogens is 252 g/mol. The van der Waals surface area contributed by atoms with Gasteiger partial charge >= 0.3 is 0 Å². The van der Waals surface area contributed by atoms with E-state index in [-0.39, 0.29) is 0 Å². The smallest absolute Gasteiger partial charge is 0.0596 e. The van der Waals surface area contributed by atoms with Crippen LogP contribution in [0.1, 0.15) is 32.2 Å². The van der Waals surface area contributed by atoms with E-state index in [1.54, 1.807) is 0 Å². The predicted octanol–water partition coefficient (Wildman–Crippen LogP) is 3.56. The zero-order valence-corrected chi connectivity index (χ0v) is 11.9. The van der Waals surface area contributed by atoms with Gasteiger partial charge in [0.2, 0.25) is 0 Å². The van der Waals surface area contributed by atoms with Crippen LogP contribution in [0, 0.1) is 25.2 Å². The maximum absolute atomic E-state index is 4.51. The van der Waals surface area contributed by atoms with Gasteiger partial charge in [-0.15, -0.1) is 0 Å². The molecule has 1 atom stereocenters. The van der Waals surface area contributed by atoms with Crippen LogP contribution in [0.25, 0.3) is 0 Å². The second-order valence-corrected chi connectivity index (χ2v) is 5.97. The summed E-state index contributed by atoms with van der Waals surface area (Å²) in [4.78, 5) is 0. The quantitative estimate of drug-likeness (QED) is 0.770. The number of rotatable bonds is 3. The molecule has 1 heterocycles. The lowest BCUT2D eigenvalue weighted by Gasteiger charge is -2.29. The summed E-state index contributed by atoms with van der Waals surface area (Å²) in [6.45, 7) is 12.0. The summed E-state index contributed by atoms with van der Waals surface area (Å²) >= 11 is 3.60. The summed E-state index contributed by atoms with van der Waals surface area (Å²) in [5, 5.41) is 5.53. The summed E-state index contributed by atoms with van der Waals surface area (Å²) in [7, 11) is 0. The van der Waals surface area contributed by atoms with Crippen LogP contribution in [0.3, 0.4) is 0 Å². The van der Waals surface area contributed by atoms with Gasteiger partial charge in [0.05, 0.1) is 5.69 Å². The molecule has 0 N–H and O–H groups in total. The van der Waals surface area contributed by atoms with Crippen molar-refractivity contribution in [2.24, 2.45) is 11.3 Å². The molecule has 0 saturated heterocycles. The normalized spacial score (nSPS) is 14.3. The Kier molecular flexibility index (Phi) is 3.99. The summed E-state index contributed by atoms with van der Waals surface area (Å²) in [5.74, 6) is 0.607. The lowest BCUT2D eigenvalue weighted by atomic mass is 9.82. The Morgan fingerprint density at radius 3 is 2.33 bits per heavy atom. The highest BCUT2D eigenvalue weighted by molar-refractivity contribution is 9.09. The Morgan fingerprint density at radius 1 is 1.40 bits per heavy atom. The van der Waals surface area contributed by atoms with Crippen molar-refractivity contribution in [2.45, 2.75) is 41.2 Å². The van der Waals surface area contributed by atoms with Gasteiger partial charge < -0.3 is 0 Å². The van der Waals surface area contributed by atoms with Crippen molar-refractivity contribution in [2.75, 3.05) is 5.33 Å². The van der Waals surface area contributed by atoms with Crippen LogP contribution < -0.4 is 0 Å². The Labute approximate surface area is 101 Å². The van der Waals surface area contributed by atoms with Gasteiger partial charge in [-0.3, -0.25) is 4.68 Å². The van der Waals surface area contributed by atoms with Crippen LogP contribution >= 0.6 is 15.9 Å². The van der Waals surface area contributed by atoms with Gasteiger partial charge in [0, 0.05) is 17.6 Å². The molecule has 0 aliphatic carbocycles. The molecule has 15 heavy (non-hydrogen) atoms. The molecular formula is C12H21BrN2. The Morgan fingerprint density at radius 2 is 2.00 bits per heavy atom. The molecule has 0 spiro atoms. The molecule has 0 amide bonds. The zero-order valence-electron chi connectivity index (χ0n) is 10.3. The Hall–Kier alpha value is -0.310. The molecule has 3 heteroatoms. The third-order valence-electron chi connectivity index (χ3n) is 2.91. The molecule has 0 fully saturated rings. The second-order valence-electron chi connectivity index (χ2n) is 5.33. The summed E-state index contributed by atoms with van der Waals surface area (Å²) < 4.78 is 2.12. The van der Waals surface area contributed by atoms with Crippen LogP contribution in [-0.2, 0) is 6.54 Å². The van der Waals surface area contributed by atoms with E-state index in [1.807, 2.05) is 6.92 Å². The van der Waals surface area contributed by atoms with Gasteiger partial charge in [-0.1, -0.05) is 36.7 Å². The fourth-order valence-corrected chi connectivity index (χ4v) is 2.80. The summed E-state index contributed by atoms with van der Waals surface area (Å²) in [6.07, 6.45) is 0. The molecule has 0 saturated carbocycles. The van der Waals surface area contributed by atoms with E-state index in [9.17, 15) is 0 Å². The van der Waals surface area contributed by atoms with Gasteiger partial charge in [-0.05, 0) is 31.2 Å². The van der Waals surface area contributed by atoms with E-state index in [0.717, 1.165) is 17.6 Å². The zero-order chi connectivity index (χ0) is 11.6. The number of hydrogen-bond donors (Lipinski definition) is 0. The lowest BCUT2D eigenvalue weighted by Crippen LogP contribution is -2.27. The highest BCUT2D eigenvalue weighted by Gasteiger charge is 2.24. The van der Waals surface area contributed by atoms with Crippen LogP contribution in [0.2, 0.25) is 0 Å². The number of nitrogens with zero attached hydrogens (tertiary/aromatic N) is 2. The van der Waals surface area contributed by atoms with Crippen molar-refractivity contribution >= 4 is 15.9 Å².